The van der Waals surface area contributed by atoms with E-state index in [0.717, 1.165) is 35.3 Å². The van der Waals surface area contributed by atoms with Crippen LogP contribution in [0.15, 0.2) is 66.7 Å². The number of hydrogen-bond donors (Lipinski definition) is 0. The van der Waals surface area contributed by atoms with Crippen molar-refractivity contribution in [2.75, 3.05) is 52.5 Å². The Kier molecular flexibility index (Phi) is 13.0. The first kappa shape index (κ1) is 36.6. The van der Waals surface area contributed by atoms with Crippen LogP contribution >= 0.6 is 11.8 Å². The summed E-state index contributed by atoms with van der Waals surface area (Å²) in [6.45, 7) is 3.31. The summed E-state index contributed by atoms with van der Waals surface area (Å²) in [4.78, 5) is 0. The Morgan fingerprint density at radius 1 is 0.787 bits per heavy atom. The Bertz CT molecular complexity index is 1400. The molecule has 12 heteroatoms. The molecule has 2 unspecified atom stereocenters. The normalized spacial score (nSPS) is 17.9. The number of ether oxygens (including phenoxy) is 6. The highest BCUT2D eigenvalue weighted by atomic mass is 32.2. The molecule has 6 nitrogen and oxygen atoms in total. The molecule has 1 aliphatic rings. The van der Waals surface area contributed by atoms with Crippen molar-refractivity contribution in [3.63, 3.8) is 0 Å². The van der Waals surface area contributed by atoms with E-state index in [2.05, 4.69) is 13.0 Å². The lowest BCUT2D eigenvalue weighted by Gasteiger charge is -2.43. The van der Waals surface area contributed by atoms with E-state index in [1.807, 2.05) is 60.7 Å². The number of benzene rings is 3. The largest absolute Gasteiger partial charge is 0.494 e. The predicted molar refractivity (Wildman–Crippen MR) is 171 cm³/mol. The average molecular weight is 685 g/mol. The second kappa shape index (κ2) is 16.7. The summed E-state index contributed by atoms with van der Waals surface area (Å²) in [7, 11) is 3.14. The summed E-state index contributed by atoms with van der Waals surface area (Å²) < 4.78 is 96.8. The molecule has 0 spiro atoms. The predicted octanol–water partition coefficient (Wildman–Crippen LogP) is 9.00. The molecule has 1 aliphatic heterocycles. The lowest BCUT2D eigenvalue weighted by atomic mass is 9.65. The topological polar surface area (TPSA) is 55.4 Å². The van der Waals surface area contributed by atoms with E-state index in [4.69, 9.17) is 28.4 Å². The lowest BCUT2D eigenvalue weighted by Crippen LogP contribution is -2.41. The van der Waals surface area contributed by atoms with Crippen molar-refractivity contribution in [1.82, 2.24) is 0 Å². The van der Waals surface area contributed by atoms with Crippen LogP contribution in [0.25, 0.3) is 0 Å². The van der Waals surface area contributed by atoms with Crippen LogP contribution in [0.5, 0.6) is 23.0 Å². The van der Waals surface area contributed by atoms with Crippen LogP contribution in [-0.2, 0) is 14.9 Å². The van der Waals surface area contributed by atoms with Crippen LogP contribution in [0.2, 0.25) is 0 Å². The lowest BCUT2D eigenvalue weighted by molar-refractivity contribution is -0.284. The number of hydrogen-bond acceptors (Lipinski definition) is 7. The van der Waals surface area contributed by atoms with Gasteiger partial charge in [-0.05, 0) is 72.2 Å². The monoisotopic (exact) mass is 684 g/mol. The van der Waals surface area contributed by atoms with Gasteiger partial charge in [-0.1, -0.05) is 37.3 Å². The second-order valence-corrected chi connectivity index (χ2v) is 12.7. The number of thioether (sulfide) groups is 1. The van der Waals surface area contributed by atoms with E-state index in [9.17, 15) is 22.0 Å². The molecule has 0 saturated heterocycles. The van der Waals surface area contributed by atoms with Crippen LogP contribution in [0.4, 0.5) is 22.0 Å². The summed E-state index contributed by atoms with van der Waals surface area (Å²) in [6.07, 6.45) is -5.40. The first-order valence-electron chi connectivity index (χ1n) is 15.3. The van der Waals surface area contributed by atoms with Gasteiger partial charge in [0, 0.05) is 43.6 Å². The van der Waals surface area contributed by atoms with Gasteiger partial charge in [0.15, 0.2) is 13.6 Å². The summed E-state index contributed by atoms with van der Waals surface area (Å²) in [5.74, 6) is -1.04. The fourth-order valence-corrected chi connectivity index (χ4v) is 6.49. The molecule has 0 saturated carbocycles. The van der Waals surface area contributed by atoms with Crippen molar-refractivity contribution in [3.05, 3.63) is 83.4 Å². The number of alkyl halides is 5. The third-order valence-corrected chi connectivity index (χ3v) is 9.15. The third-order valence-electron chi connectivity index (χ3n) is 8.00. The molecule has 0 N–H and O–H groups in total. The van der Waals surface area contributed by atoms with Gasteiger partial charge in [0.2, 0.25) is 0 Å². The van der Waals surface area contributed by atoms with Gasteiger partial charge in [0.05, 0.1) is 13.2 Å². The van der Waals surface area contributed by atoms with Crippen molar-refractivity contribution in [3.8, 4) is 23.0 Å². The minimum absolute atomic E-state index is 0.0989. The number of halogens is 5. The van der Waals surface area contributed by atoms with Crippen molar-refractivity contribution in [1.29, 1.82) is 0 Å². The molecule has 4 rings (SSSR count). The molecule has 258 valence electrons. The molecule has 3 aromatic carbocycles. The van der Waals surface area contributed by atoms with Gasteiger partial charge < -0.3 is 28.4 Å². The SMILES string of the molecule is COCOc1ccc(C2(C)COc3cc(OCOC)ccc3C2c2cccc(OCCCCSCCCC(F)(F)C(F)(F)F)c2)cc1. The molecule has 0 aliphatic carbocycles. The quantitative estimate of drug-likeness (QED) is 0.0753. The van der Waals surface area contributed by atoms with Crippen molar-refractivity contribution in [2.45, 2.75) is 56.0 Å². The van der Waals surface area contributed by atoms with Gasteiger partial charge in [-0.25, -0.2) is 0 Å². The highest BCUT2D eigenvalue weighted by Gasteiger charge is 2.56. The molecule has 1 heterocycles. The van der Waals surface area contributed by atoms with E-state index in [-0.39, 0.29) is 31.7 Å². The molecule has 3 aromatic rings. The van der Waals surface area contributed by atoms with Gasteiger partial charge in [0.25, 0.3) is 0 Å². The van der Waals surface area contributed by atoms with E-state index in [0.29, 0.717) is 36.2 Å². The van der Waals surface area contributed by atoms with Gasteiger partial charge in [0.1, 0.15) is 23.0 Å². The average Bonchev–Trinajstić information content (AvgIpc) is 3.05. The number of rotatable bonds is 18. The van der Waals surface area contributed by atoms with Crippen LogP contribution in [0.3, 0.4) is 0 Å². The highest BCUT2D eigenvalue weighted by Crippen LogP contribution is 2.51. The van der Waals surface area contributed by atoms with Crippen LogP contribution in [-0.4, -0.2) is 64.6 Å². The molecule has 0 bridgehead atoms. The molecule has 0 radical (unpaired) electrons. The van der Waals surface area contributed by atoms with Gasteiger partial charge in [-0.2, -0.15) is 33.7 Å². The number of fused-ring (bicyclic) bond motifs is 1. The molecular weight excluding hydrogens is 643 g/mol. The summed E-state index contributed by atoms with van der Waals surface area (Å²) in [5, 5.41) is 0. The fourth-order valence-electron chi connectivity index (χ4n) is 5.53. The van der Waals surface area contributed by atoms with Crippen LogP contribution < -0.4 is 18.9 Å². The van der Waals surface area contributed by atoms with E-state index in [1.54, 1.807) is 14.2 Å². The number of methoxy groups -OCH3 is 2. The zero-order valence-electron chi connectivity index (χ0n) is 26.7. The summed E-state index contributed by atoms with van der Waals surface area (Å²) in [6, 6.07) is 21.7. The maximum Gasteiger partial charge on any atom is 0.453 e. The smallest absolute Gasteiger partial charge is 0.453 e. The maximum atomic E-state index is 13.1. The van der Waals surface area contributed by atoms with E-state index >= 15 is 0 Å². The van der Waals surface area contributed by atoms with Gasteiger partial charge >= 0.3 is 12.1 Å². The fraction of sp³-hybridized carbons (Fsp3) is 0.486. The van der Waals surface area contributed by atoms with Gasteiger partial charge in [-0.3, -0.25) is 0 Å². The Hall–Kier alpha value is -3.22. The van der Waals surface area contributed by atoms with Crippen molar-refractivity contribution in [2.24, 2.45) is 0 Å². The molecule has 0 amide bonds. The van der Waals surface area contributed by atoms with Crippen LogP contribution in [0, 0.1) is 0 Å². The minimum atomic E-state index is -5.49. The molecular formula is C35H41F5O6S. The first-order valence-corrected chi connectivity index (χ1v) is 16.5. The Morgan fingerprint density at radius 2 is 1.45 bits per heavy atom. The molecule has 2 atom stereocenters. The minimum Gasteiger partial charge on any atom is -0.494 e. The molecule has 0 fully saturated rings. The summed E-state index contributed by atoms with van der Waals surface area (Å²) in [5.41, 5.74) is 2.67. The van der Waals surface area contributed by atoms with E-state index in [1.165, 1.54) is 11.8 Å². The molecule has 47 heavy (non-hydrogen) atoms. The van der Waals surface area contributed by atoms with Gasteiger partial charge in [-0.15, -0.1) is 0 Å². The molecule has 0 aromatic heterocycles. The second-order valence-electron chi connectivity index (χ2n) is 11.5. The van der Waals surface area contributed by atoms with Crippen molar-refractivity contribution >= 4 is 11.8 Å². The van der Waals surface area contributed by atoms with Crippen molar-refractivity contribution < 1.29 is 50.4 Å². The van der Waals surface area contributed by atoms with Crippen LogP contribution in [0.1, 0.15) is 55.2 Å². The zero-order chi connectivity index (χ0) is 33.9. The Labute approximate surface area is 276 Å². The standard InChI is InChI=1S/C35H41F5O6S/c1-33(26-10-12-27(13-11-26)45-23-41-2)22-44-31-21-29(46-24-42-3)14-15-30(31)32(33)25-8-6-9-28(20-25)43-17-4-5-18-47-19-7-16-34(36,37)35(38,39)40/h6,8-15,20-21,32H,4-5,7,16-19,22-24H2,1-3H3. The van der Waals surface area contributed by atoms with E-state index < -0.39 is 23.9 Å². The third kappa shape index (κ3) is 9.67. The first-order chi connectivity index (χ1) is 22.5. The highest BCUT2D eigenvalue weighted by molar-refractivity contribution is 7.99. The zero-order valence-corrected chi connectivity index (χ0v) is 27.6. The Balaban J connectivity index is 1.43. The summed E-state index contributed by atoms with van der Waals surface area (Å²) >= 11 is 1.37. The number of unbranched alkanes of at least 4 members (excludes halogenated alkanes) is 1. The Morgan fingerprint density at radius 3 is 2.15 bits per heavy atom. The maximum absolute atomic E-state index is 13.1.